The number of anilines is 1. The fourth-order valence-corrected chi connectivity index (χ4v) is 4.34. The minimum atomic E-state index is -0.0617. The van der Waals surface area contributed by atoms with E-state index in [9.17, 15) is 4.79 Å². The van der Waals surface area contributed by atoms with E-state index < -0.39 is 0 Å². The second-order valence-electron chi connectivity index (χ2n) is 6.23. The van der Waals surface area contributed by atoms with E-state index in [-0.39, 0.29) is 11.9 Å². The number of carbonyl (C=O) groups is 1. The molecule has 3 heterocycles. The van der Waals surface area contributed by atoms with Gasteiger partial charge in [0.25, 0.3) is 5.91 Å². The number of aromatic nitrogens is 1. The maximum Gasteiger partial charge on any atom is 0.264 e. The molecule has 25 heavy (non-hydrogen) atoms. The summed E-state index contributed by atoms with van der Waals surface area (Å²) in [7, 11) is 3.88. The van der Waals surface area contributed by atoms with Gasteiger partial charge < -0.3 is 15.0 Å². The summed E-state index contributed by atoms with van der Waals surface area (Å²) in [4.78, 5) is 20.1. The number of hydrogen-bond acceptors (Lipinski definition) is 5. The fraction of sp³-hybridized carbons (Fsp3) is 0.263. The van der Waals surface area contributed by atoms with Crippen molar-refractivity contribution < 1.29 is 9.53 Å². The van der Waals surface area contributed by atoms with E-state index in [1.165, 1.54) is 11.3 Å². The molecule has 4 rings (SSSR count). The number of benzene rings is 1. The van der Waals surface area contributed by atoms with Gasteiger partial charge in [-0.3, -0.25) is 9.78 Å². The van der Waals surface area contributed by atoms with Crippen molar-refractivity contribution >= 4 is 33.1 Å². The SMILES string of the molecule is CN(C)c1c(C(=O)N[C@H]2CCOc3ccccc32)sc2cccnc12. The van der Waals surface area contributed by atoms with Gasteiger partial charge in [-0.1, -0.05) is 18.2 Å². The summed E-state index contributed by atoms with van der Waals surface area (Å²) in [5.74, 6) is 0.790. The van der Waals surface area contributed by atoms with Crippen LogP contribution in [0.3, 0.4) is 0 Å². The van der Waals surface area contributed by atoms with Gasteiger partial charge in [0.05, 0.1) is 23.0 Å². The van der Waals surface area contributed by atoms with Crippen molar-refractivity contribution in [2.24, 2.45) is 0 Å². The molecule has 3 aromatic rings. The molecule has 0 unspecified atom stereocenters. The molecule has 2 aromatic heterocycles. The lowest BCUT2D eigenvalue weighted by Crippen LogP contribution is -2.32. The molecule has 1 aliphatic heterocycles. The molecular formula is C19H19N3O2S. The zero-order valence-electron chi connectivity index (χ0n) is 14.2. The average molecular weight is 353 g/mol. The summed E-state index contributed by atoms with van der Waals surface area (Å²) >= 11 is 1.48. The number of thiophene rings is 1. The Balaban J connectivity index is 1.69. The third-order valence-corrected chi connectivity index (χ3v) is 5.47. The van der Waals surface area contributed by atoms with Crippen molar-refractivity contribution in [2.75, 3.05) is 25.6 Å². The second kappa shape index (κ2) is 6.37. The number of nitrogens with zero attached hydrogens (tertiary/aromatic N) is 2. The monoisotopic (exact) mass is 353 g/mol. The molecule has 1 atom stereocenters. The van der Waals surface area contributed by atoms with Gasteiger partial charge in [0.15, 0.2) is 0 Å². The van der Waals surface area contributed by atoms with Crippen LogP contribution < -0.4 is 15.0 Å². The number of pyridine rings is 1. The highest BCUT2D eigenvalue weighted by Crippen LogP contribution is 2.37. The Kier molecular flexibility index (Phi) is 4.05. The molecule has 1 amide bonds. The number of fused-ring (bicyclic) bond motifs is 2. The topological polar surface area (TPSA) is 54.5 Å². The molecule has 1 N–H and O–H groups in total. The Morgan fingerprint density at radius 2 is 2.12 bits per heavy atom. The lowest BCUT2D eigenvalue weighted by atomic mass is 10.0. The van der Waals surface area contributed by atoms with Crippen molar-refractivity contribution in [3.63, 3.8) is 0 Å². The van der Waals surface area contributed by atoms with Crippen LogP contribution in [0.2, 0.25) is 0 Å². The van der Waals surface area contributed by atoms with E-state index in [2.05, 4.69) is 10.3 Å². The first-order valence-electron chi connectivity index (χ1n) is 8.22. The molecule has 0 aliphatic carbocycles. The van der Waals surface area contributed by atoms with E-state index in [4.69, 9.17) is 4.74 Å². The summed E-state index contributed by atoms with van der Waals surface area (Å²) in [5, 5.41) is 3.18. The maximum atomic E-state index is 13.0. The second-order valence-corrected chi connectivity index (χ2v) is 7.28. The van der Waals surface area contributed by atoms with Gasteiger partial charge in [0.2, 0.25) is 0 Å². The van der Waals surface area contributed by atoms with Crippen LogP contribution in [0.4, 0.5) is 5.69 Å². The van der Waals surface area contributed by atoms with Gasteiger partial charge in [-0.05, 0) is 18.2 Å². The molecule has 1 aliphatic rings. The summed E-state index contributed by atoms with van der Waals surface area (Å²) in [6.07, 6.45) is 2.53. The fourth-order valence-electron chi connectivity index (χ4n) is 3.20. The highest BCUT2D eigenvalue weighted by Gasteiger charge is 2.26. The van der Waals surface area contributed by atoms with Crippen LogP contribution in [0.5, 0.6) is 5.75 Å². The highest BCUT2D eigenvalue weighted by molar-refractivity contribution is 7.21. The van der Waals surface area contributed by atoms with E-state index in [0.29, 0.717) is 11.5 Å². The van der Waals surface area contributed by atoms with Gasteiger partial charge in [-0.15, -0.1) is 11.3 Å². The highest BCUT2D eigenvalue weighted by atomic mass is 32.1. The lowest BCUT2D eigenvalue weighted by molar-refractivity contribution is 0.0929. The van der Waals surface area contributed by atoms with Crippen LogP contribution in [0.25, 0.3) is 10.2 Å². The summed E-state index contributed by atoms with van der Waals surface area (Å²) in [6.45, 7) is 0.608. The number of carbonyl (C=O) groups excluding carboxylic acids is 1. The van der Waals surface area contributed by atoms with E-state index >= 15 is 0 Å². The predicted molar refractivity (Wildman–Crippen MR) is 101 cm³/mol. The Morgan fingerprint density at radius 1 is 1.28 bits per heavy atom. The number of rotatable bonds is 3. The van der Waals surface area contributed by atoms with Crippen molar-refractivity contribution in [1.29, 1.82) is 0 Å². The van der Waals surface area contributed by atoms with Crippen molar-refractivity contribution in [3.05, 3.63) is 53.0 Å². The first-order valence-corrected chi connectivity index (χ1v) is 9.04. The molecule has 5 nitrogen and oxygen atoms in total. The maximum absolute atomic E-state index is 13.0. The molecular weight excluding hydrogens is 334 g/mol. The average Bonchev–Trinajstić information content (AvgIpc) is 3.02. The predicted octanol–water partition coefficient (Wildman–Crippen LogP) is 3.62. The molecule has 6 heteroatoms. The van der Waals surface area contributed by atoms with Gasteiger partial charge in [-0.2, -0.15) is 0 Å². The molecule has 0 spiro atoms. The van der Waals surface area contributed by atoms with Crippen LogP contribution in [0.15, 0.2) is 42.6 Å². The smallest absolute Gasteiger partial charge is 0.264 e. The van der Waals surface area contributed by atoms with Crippen molar-refractivity contribution in [2.45, 2.75) is 12.5 Å². The summed E-state index contributed by atoms with van der Waals surface area (Å²) in [5.41, 5.74) is 2.78. The molecule has 0 radical (unpaired) electrons. The summed E-state index contributed by atoms with van der Waals surface area (Å²) in [6, 6.07) is 11.7. The van der Waals surface area contributed by atoms with Crippen molar-refractivity contribution in [3.8, 4) is 5.75 Å². The Labute approximate surface area is 150 Å². The number of hydrogen-bond donors (Lipinski definition) is 1. The summed E-state index contributed by atoms with van der Waals surface area (Å²) < 4.78 is 6.70. The molecule has 0 bridgehead atoms. The van der Waals surface area contributed by atoms with Crippen LogP contribution in [-0.4, -0.2) is 31.6 Å². The number of nitrogens with one attached hydrogen (secondary N) is 1. The number of para-hydroxylation sites is 1. The van der Waals surface area contributed by atoms with Gasteiger partial charge in [0, 0.05) is 32.3 Å². The van der Waals surface area contributed by atoms with Crippen LogP contribution in [-0.2, 0) is 0 Å². The van der Waals surface area contributed by atoms with E-state index in [1.54, 1.807) is 6.20 Å². The Hall–Kier alpha value is -2.60. The Bertz CT molecular complexity index is 935. The molecule has 0 fully saturated rings. The molecule has 0 saturated heterocycles. The first-order chi connectivity index (χ1) is 12.1. The normalized spacial score (nSPS) is 16.2. The van der Waals surface area contributed by atoms with Gasteiger partial charge in [0.1, 0.15) is 16.1 Å². The number of amides is 1. The van der Waals surface area contributed by atoms with Crippen LogP contribution in [0.1, 0.15) is 27.7 Å². The van der Waals surface area contributed by atoms with E-state index in [0.717, 1.165) is 33.6 Å². The van der Waals surface area contributed by atoms with Crippen molar-refractivity contribution in [1.82, 2.24) is 10.3 Å². The molecule has 1 aromatic carbocycles. The molecule has 0 saturated carbocycles. The third kappa shape index (κ3) is 2.82. The lowest BCUT2D eigenvalue weighted by Gasteiger charge is -2.26. The zero-order chi connectivity index (χ0) is 17.4. The largest absolute Gasteiger partial charge is 0.493 e. The zero-order valence-corrected chi connectivity index (χ0v) is 15.0. The first kappa shape index (κ1) is 15.9. The van der Waals surface area contributed by atoms with Crippen LogP contribution >= 0.6 is 11.3 Å². The van der Waals surface area contributed by atoms with Crippen LogP contribution in [0, 0.1) is 0 Å². The quantitative estimate of drug-likeness (QED) is 0.781. The van der Waals surface area contributed by atoms with Gasteiger partial charge >= 0.3 is 0 Å². The van der Waals surface area contributed by atoms with Gasteiger partial charge in [-0.25, -0.2) is 0 Å². The number of ether oxygens (including phenoxy) is 1. The molecule has 128 valence electrons. The minimum Gasteiger partial charge on any atom is -0.493 e. The minimum absolute atomic E-state index is 0.0365. The third-order valence-electron chi connectivity index (χ3n) is 4.34. The standard InChI is InChI=1S/C19H19N3O2S/c1-22(2)17-16-15(8-5-10-20-16)25-18(17)19(23)21-13-9-11-24-14-7-4-3-6-12(13)14/h3-8,10,13H,9,11H2,1-2H3,(H,21,23)/t13-/m0/s1. The Morgan fingerprint density at radius 3 is 2.96 bits per heavy atom. The van der Waals surface area contributed by atoms with E-state index in [1.807, 2.05) is 55.4 Å².